The van der Waals surface area contributed by atoms with Gasteiger partial charge in [0.2, 0.25) is 0 Å². The Hall–Kier alpha value is -2.54. The van der Waals surface area contributed by atoms with E-state index in [9.17, 15) is 5.11 Å². The van der Waals surface area contributed by atoms with Gasteiger partial charge in [0.05, 0.1) is 25.9 Å². The molecule has 1 aliphatic rings. The fraction of sp³-hybridized carbons (Fsp3) is 0.524. The number of para-hydroxylation sites is 1. The van der Waals surface area contributed by atoms with Gasteiger partial charge in [-0.3, -0.25) is 4.68 Å². The third kappa shape index (κ3) is 5.73. The molecule has 7 heteroatoms. The minimum Gasteiger partial charge on any atom is -0.493 e. The molecular formula is C21H31N5O2. The second kappa shape index (κ2) is 9.10. The van der Waals surface area contributed by atoms with Gasteiger partial charge in [-0.25, -0.2) is 4.99 Å². The predicted octanol–water partition coefficient (Wildman–Crippen LogP) is 2.17. The fourth-order valence-electron chi connectivity index (χ4n) is 2.83. The molecule has 7 nitrogen and oxygen atoms in total. The summed E-state index contributed by atoms with van der Waals surface area (Å²) in [5.41, 5.74) is 0.770. The second-order valence-corrected chi connectivity index (χ2v) is 7.59. The number of hydrogen-bond donors (Lipinski definition) is 3. The summed E-state index contributed by atoms with van der Waals surface area (Å²) < 4.78 is 7.65. The Morgan fingerprint density at radius 2 is 2.14 bits per heavy atom. The molecule has 1 atom stereocenters. The quantitative estimate of drug-likeness (QED) is 0.455. The molecule has 3 N–H and O–H groups in total. The van der Waals surface area contributed by atoms with Crippen LogP contribution in [0.4, 0.5) is 0 Å². The third-order valence-electron chi connectivity index (χ3n) is 4.82. The standard InChI is InChI=1S/C21H31N5O2/c1-4-22-20(24-15-21(2,27)18-12-25-26(3)13-18)23-11-17-7-5-6-8-19(17)28-14-16-9-10-16/h5-8,12-13,16,27H,4,9-11,14-15H2,1-3H3,(H2,22,23,24). The van der Waals surface area contributed by atoms with Gasteiger partial charge in [-0.2, -0.15) is 5.10 Å². The van der Waals surface area contributed by atoms with Crippen LogP contribution in [0, 0.1) is 5.92 Å². The minimum absolute atomic E-state index is 0.324. The lowest BCUT2D eigenvalue weighted by atomic mass is 10.00. The maximum Gasteiger partial charge on any atom is 0.191 e. The Labute approximate surface area is 166 Å². The maximum absolute atomic E-state index is 10.8. The Kier molecular flexibility index (Phi) is 6.57. The van der Waals surface area contributed by atoms with E-state index in [4.69, 9.17) is 4.74 Å². The topological polar surface area (TPSA) is 83.7 Å². The molecule has 0 saturated heterocycles. The van der Waals surface area contributed by atoms with E-state index in [0.717, 1.165) is 30.0 Å². The van der Waals surface area contributed by atoms with Crippen LogP contribution >= 0.6 is 0 Å². The molecule has 2 aromatic rings. The molecule has 1 aromatic heterocycles. The molecule has 0 spiro atoms. The SMILES string of the molecule is CCNC(=NCc1ccccc1OCC1CC1)NCC(C)(O)c1cnn(C)c1. The molecule has 1 saturated carbocycles. The lowest BCUT2D eigenvalue weighted by Gasteiger charge is -2.23. The van der Waals surface area contributed by atoms with Crippen LogP contribution in [-0.2, 0) is 19.2 Å². The Morgan fingerprint density at radius 1 is 1.36 bits per heavy atom. The summed E-state index contributed by atoms with van der Waals surface area (Å²) in [4.78, 5) is 4.67. The zero-order valence-electron chi connectivity index (χ0n) is 17.0. The van der Waals surface area contributed by atoms with E-state index in [0.29, 0.717) is 25.0 Å². The molecule has 3 rings (SSSR count). The molecule has 28 heavy (non-hydrogen) atoms. The molecule has 0 radical (unpaired) electrons. The highest BCUT2D eigenvalue weighted by atomic mass is 16.5. The summed E-state index contributed by atoms with van der Waals surface area (Å²) in [7, 11) is 1.83. The first-order valence-corrected chi connectivity index (χ1v) is 9.92. The molecule has 1 fully saturated rings. The molecule has 0 aliphatic heterocycles. The van der Waals surface area contributed by atoms with E-state index >= 15 is 0 Å². The molecule has 1 heterocycles. The third-order valence-corrected chi connectivity index (χ3v) is 4.82. The summed E-state index contributed by atoms with van der Waals surface area (Å²) in [6.07, 6.45) is 6.04. The van der Waals surface area contributed by atoms with E-state index in [2.05, 4.69) is 20.7 Å². The van der Waals surface area contributed by atoms with Crippen LogP contribution in [0.3, 0.4) is 0 Å². The molecule has 0 amide bonds. The number of guanidine groups is 1. The van der Waals surface area contributed by atoms with Crippen molar-refractivity contribution in [2.24, 2.45) is 18.0 Å². The van der Waals surface area contributed by atoms with E-state index in [1.807, 2.05) is 44.4 Å². The van der Waals surface area contributed by atoms with Crippen LogP contribution < -0.4 is 15.4 Å². The second-order valence-electron chi connectivity index (χ2n) is 7.59. The van der Waals surface area contributed by atoms with Gasteiger partial charge in [-0.15, -0.1) is 0 Å². The summed E-state index contributed by atoms with van der Waals surface area (Å²) >= 11 is 0. The number of benzene rings is 1. The van der Waals surface area contributed by atoms with Gasteiger partial charge in [-0.05, 0) is 38.7 Å². The smallest absolute Gasteiger partial charge is 0.191 e. The fourth-order valence-corrected chi connectivity index (χ4v) is 2.83. The van der Waals surface area contributed by atoms with Gasteiger partial charge in [-0.1, -0.05) is 18.2 Å². The molecule has 152 valence electrons. The highest BCUT2D eigenvalue weighted by molar-refractivity contribution is 5.79. The van der Waals surface area contributed by atoms with Crippen molar-refractivity contribution >= 4 is 5.96 Å². The lowest BCUT2D eigenvalue weighted by molar-refractivity contribution is 0.0616. The lowest BCUT2D eigenvalue weighted by Crippen LogP contribution is -2.44. The first-order chi connectivity index (χ1) is 13.5. The van der Waals surface area contributed by atoms with Crippen LogP contribution in [0.1, 0.15) is 37.8 Å². The van der Waals surface area contributed by atoms with Crippen molar-refractivity contribution in [3.05, 3.63) is 47.8 Å². The Morgan fingerprint density at radius 3 is 2.82 bits per heavy atom. The van der Waals surface area contributed by atoms with E-state index in [1.54, 1.807) is 17.8 Å². The largest absolute Gasteiger partial charge is 0.493 e. The Balaban J connectivity index is 1.62. The normalized spacial score (nSPS) is 16.5. The van der Waals surface area contributed by atoms with Crippen LogP contribution in [0.25, 0.3) is 0 Å². The maximum atomic E-state index is 10.8. The highest BCUT2D eigenvalue weighted by Crippen LogP contribution is 2.30. The Bertz CT molecular complexity index is 796. The number of aliphatic imine (C=N–C) groups is 1. The van der Waals surface area contributed by atoms with Gasteiger partial charge < -0.3 is 20.5 Å². The molecule has 1 unspecified atom stereocenters. The highest BCUT2D eigenvalue weighted by Gasteiger charge is 2.25. The van der Waals surface area contributed by atoms with Gasteiger partial charge in [0.25, 0.3) is 0 Å². The number of aryl methyl sites for hydroxylation is 1. The number of hydrogen-bond acceptors (Lipinski definition) is 4. The molecular weight excluding hydrogens is 354 g/mol. The summed E-state index contributed by atoms with van der Waals surface area (Å²) in [6.45, 7) is 6.13. The summed E-state index contributed by atoms with van der Waals surface area (Å²) in [5, 5.41) is 21.3. The van der Waals surface area contributed by atoms with E-state index < -0.39 is 5.60 Å². The van der Waals surface area contributed by atoms with Gasteiger partial charge >= 0.3 is 0 Å². The zero-order chi connectivity index (χ0) is 20.0. The van der Waals surface area contributed by atoms with Gasteiger partial charge in [0.15, 0.2) is 5.96 Å². The van der Waals surface area contributed by atoms with E-state index in [1.165, 1.54) is 12.8 Å². The average molecular weight is 386 g/mol. The summed E-state index contributed by atoms with van der Waals surface area (Å²) in [5.74, 6) is 2.27. The van der Waals surface area contributed by atoms with Crippen molar-refractivity contribution in [1.82, 2.24) is 20.4 Å². The van der Waals surface area contributed by atoms with Crippen LogP contribution in [0.5, 0.6) is 5.75 Å². The number of aliphatic hydroxyl groups is 1. The van der Waals surface area contributed by atoms with Crippen LogP contribution in [0.15, 0.2) is 41.7 Å². The number of nitrogens with zero attached hydrogens (tertiary/aromatic N) is 3. The molecule has 1 aliphatic carbocycles. The summed E-state index contributed by atoms with van der Waals surface area (Å²) in [6, 6.07) is 8.04. The number of rotatable bonds is 9. The zero-order valence-corrected chi connectivity index (χ0v) is 17.0. The van der Waals surface area contributed by atoms with Crippen LogP contribution in [0.2, 0.25) is 0 Å². The van der Waals surface area contributed by atoms with Crippen molar-refractivity contribution in [2.45, 2.75) is 38.8 Å². The minimum atomic E-state index is -1.05. The first kappa shape index (κ1) is 20.2. The number of aromatic nitrogens is 2. The molecule has 1 aromatic carbocycles. The van der Waals surface area contributed by atoms with Gasteiger partial charge in [0, 0.05) is 30.9 Å². The predicted molar refractivity (Wildman–Crippen MR) is 110 cm³/mol. The van der Waals surface area contributed by atoms with Crippen LogP contribution in [-0.4, -0.2) is 40.5 Å². The van der Waals surface area contributed by atoms with Crippen molar-refractivity contribution in [3.8, 4) is 5.75 Å². The van der Waals surface area contributed by atoms with Crippen molar-refractivity contribution in [3.63, 3.8) is 0 Å². The number of nitrogens with one attached hydrogen (secondary N) is 2. The van der Waals surface area contributed by atoms with Crippen molar-refractivity contribution in [1.29, 1.82) is 0 Å². The average Bonchev–Trinajstić information content (AvgIpc) is 3.41. The number of ether oxygens (including phenoxy) is 1. The van der Waals surface area contributed by atoms with Crippen molar-refractivity contribution < 1.29 is 9.84 Å². The van der Waals surface area contributed by atoms with E-state index in [-0.39, 0.29) is 0 Å². The van der Waals surface area contributed by atoms with Gasteiger partial charge in [0.1, 0.15) is 11.4 Å². The monoisotopic (exact) mass is 385 g/mol. The molecule has 0 bridgehead atoms. The first-order valence-electron chi connectivity index (χ1n) is 9.92. The van der Waals surface area contributed by atoms with Crippen molar-refractivity contribution in [2.75, 3.05) is 19.7 Å².